The van der Waals surface area contributed by atoms with Crippen LogP contribution in [-0.2, 0) is 37.9 Å². The second-order valence-corrected chi connectivity index (χ2v) is 28.1. The van der Waals surface area contributed by atoms with Gasteiger partial charge in [0.15, 0.2) is 0 Å². The SMILES string of the molecule is Cc1cc2c3c(c1)N(c1ccc(C(C)(C)C)cc1)c1c(oc4ccc(C(C)(C)C)cc14)B3c1ccc3c(c1N2c1ccc(C(C)(C)C)cc1-c1ccc2c(c1)C(C)(C)CCC2(C)C)C(C)(C)CCC3(C)C. The van der Waals surface area contributed by atoms with Gasteiger partial charge in [0.05, 0.1) is 17.0 Å². The number of benzene rings is 6. The molecule has 2 aliphatic heterocycles. The summed E-state index contributed by atoms with van der Waals surface area (Å²) in [5.41, 5.74) is 25.7. The van der Waals surface area contributed by atoms with Crippen molar-refractivity contribution < 1.29 is 4.42 Å². The maximum Gasteiger partial charge on any atom is 0.297 e. The van der Waals surface area contributed by atoms with E-state index in [4.69, 9.17) is 4.42 Å². The zero-order valence-electron chi connectivity index (χ0n) is 46.5. The molecule has 0 unspecified atom stereocenters. The molecule has 2 aliphatic carbocycles. The molecular weight excluding hydrogens is 860 g/mol. The largest absolute Gasteiger partial charge is 0.468 e. The first-order valence-corrected chi connectivity index (χ1v) is 26.9. The Kier molecular flexibility index (Phi) is 10.3. The lowest BCUT2D eigenvalue weighted by Gasteiger charge is -2.49. The van der Waals surface area contributed by atoms with E-state index in [2.05, 4.69) is 238 Å². The lowest BCUT2D eigenvalue weighted by atomic mass is 9.35. The summed E-state index contributed by atoms with van der Waals surface area (Å²) in [6.45, 7) is 42.9. The first kappa shape index (κ1) is 47.8. The predicted octanol–water partition coefficient (Wildman–Crippen LogP) is 17.1. The van der Waals surface area contributed by atoms with Crippen molar-refractivity contribution in [1.29, 1.82) is 0 Å². The molecule has 3 heterocycles. The fourth-order valence-electron chi connectivity index (χ4n) is 13.1. The van der Waals surface area contributed by atoms with Gasteiger partial charge in [0.1, 0.15) is 5.58 Å². The third kappa shape index (κ3) is 7.41. The zero-order chi connectivity index (χ0) is 50.9. The van der Waals surface area contributed by atoms with Crippen LogP contribution in [0, 0.1) is 6.92 Å². The molecule has 0 fully saturated rings. The summed E-state index contributed by atoms with van der Waals surface area (Å²) in [6, 6.07) is 41.3. The third-order valence-electron chi connectivity index (χ3n) is 17.9. The Balaban J connectivity index is 1.28. The average molecular weight is 939 g/mol. The van der Waals surface area contributed by atoms with Crippen LogP contribution in [0.4, 0.5) is 34.1 Å². The molecule has 366 valence electrons. The van der Waals surface area contributed by atoms with Crippen molar-refractivity contribution in [1.82, 2.24) is 0 Å². The van der Waals surface area contributed by atoms with Crippen molar-refractivity contribution in [2.24, 2.45) is 0 Å². The van der Waals surface area contributed by atoms with Gasteiger partial charge in [0, 0.05) is 33.7 Å². The molecule has 6 aromatic carbocycles. The van der Waals surface area contributed by atoms with Gasteiger partial charge < -0.3 is 14.2 Å². The number of aryl methyl sites for hydroxylation is 1. The molecule has 0 radical (unpaired) electrons. The van der Waals surface area contributed by atoms with E-state index in [0.29, 0.717) is 0 Å². The standard InChI is InChI=1S/C67H79BN2O/c1-40-35-53-57-54(36-40)70(52-29-22-43(62(5,6)7)38-46(52)41-19-26-48-50(37-41)66(15,16)32-31-64(48,11)12)59-51(28-27-49-56(59)67(17,18)34-33-65(49,13)14)68(57)60-58(47-39-44(63(8,9)10)23-30-55(47)71-60)69(53)45-24-20-42(21-25-45)61(2,3)4/h19-30,35-39H,31-34H2,1-18H3. The van der Waals surface area contributed by atoms with Crippen LogP contribution >= 0.6 is 0 Å². The Morgan fingerprint density at radius 3 is 1.65 bits per heavy atom. The molecule has 0 saturated carbocycles. The number of rotatable bonds is 3. The molecule has 1 aromatic heterocycles. The number of furan rings is 1. The highest BCUT2D eigenvalue weighted by atomic mass is 16.3. The van der Waals surface area contributed by atoms with E-state index in [1.54, 1.807) is 0 Å². The third-order valence-corrected chi connectivity index (χ3v) is 17.9. The maximum atomic E-state index is 7.48. The molecule has 11 rings (SSSR count). The van der Waals surface area contributed by atoms with Gasteiger partial charge in [0.25, 0.3) is 6.71 Å². The van der Waals surface area contributed by atoms with Gasteiger partial charge in [0.2, 0.25) is 0 Å². The van der Waals surface area contributed by atoms with Crippen LogP contribution in [0.3, 0.4) is 0 Å². The summed E-state index contributed by atoms with van der Waals surface area (Å²) in [4.78, 5) is 5.32. The van der Waals surface area contributed by atoms with Gasteiger partial charge >= 0.3 is 0 Å². The molecule has 0 N–H and O–H groups in total. The van der Waals surface area contributed by atoms with Crippen molar-refractivity contribution in [2.45, 2.75) is 188 Å². The van der Waals surface area contributed by atoms with E-state index in [1.807, 2.05) is 0 Å². The van der Waals surface area contributed by atoms with E-state index in [1.165, 1.54) is 108 Å². The first-order valence-electron chi connectivity index (χ1n) is 26.9. The van der Waals surface area contributed by atoms with Crippen molar-refractivity contribution in [3.8, 4) is 11.1 Å². The second-order valence-electron chi connectivity index (χ2n) is 28.1. The summed E-state index contributed by atoms with van der Waals surface area (Å²) in [6.07, 6.45) is 4.63. The number of fused-ring (bicyclic) bond motifs is 9. The molecule has 0 atom stereocenters. The number of nitrogens with zero attached hydrogens (tertiary/aromatic N) is 2. The Hall–Kier alpha value is -5.48. The highest BCUT2D eigenvalue weighted by molar-refractivity contribution is 7.00. The molecular formula is C67H79BN2O. The molecule has 0 spiro atoms. The van der Waals surface area contributed by atoms with E-state index in [9.17, 15) is 0 Å². The van der Waals surface area contributed by atoms with E-state index >= 15 is 0 Å². The Labute approximate surface area is 427 Å². The highest BCUT2D eigenvalue weighted by Gasteiger charge is 2.51. The molecule has 0 amide bonds. The Morgan fingerprint density at radius 2 is 1.01 bits per heavy atom. The van der Waals surface area contributed by atoms with Crippen LogP contribution in [-0.4, -0.2) is 6.71 Å². The van der Waals surface area contributed by atoms with Gasteiger partial charge in [-0.2, -0.15) is 0 Å². The quantitative estimate of drug-likeness (QED) is 0.165. The topological polar surface area (TPSA) is 19.6 Å². The van der Waals surface area contributed by atoms with Crippen LogP contribution in [0.2, 0.25) is 0 Å². The van der Waals surface area contributed by atoms with Crippen molar-refractivity contribution in [2.75, 3.05) is 9.80 Å². The van der Waals surface area contributed by atoms with Crippen LogP contribution in [0.5, 0.6) is 0 Å². The minimum absolute atomic E-state index is 0.00978. The van der Waals surface area contributed by atoms with E-state index < -0.39 is 0 Å². The van der Waals surface area contributed by atoms with E-state index in [0.717, 1.165) is 35.5 Å². The van der Waals surface area contributed by atoms with Gasteiger partial charge in [-0.3, -0.25) is 0 Å². The Bertz CT molecular complexity index is 3330. The zero-order valence-corrected chi connectivity index (χ0v) is 46.5. The van der Waals surface area contributed by atoms with Crippen molar-refractivity contribution in [3.05, 3.63) is 148 Å². The molecule has 71 heavy (non-hydrogen) atoms. The minimum Gasteiger partial charge on any atom is -0.468 e. The second kappa shape index (κ2) is 15.3. The van der Waals surface area contributed by atoms with Gasteiger partial charge in [-0.05, 0) is 180 Å². The summed E-state index contributed by atoms with van der Waals surface area (Å²) >= 11 is 0. The number of anilines is 6. The lowest BCUT2D eigenvalue weighted by Crippen LogP contribution is -2.61. The fourth-order valence-corrected chi connectivity index (χ4v) is 13.1. The fraction of sp³-hybridized carbons (Fsp3) is 0.433. The van der Waals surface area contributed by atoms with Gasteiger partial charge in [-0.15, -0.1) is 0 Å². The van der Waals surface area contributed by atoms with Gasteiger partial charge in [-0.25, -0.2) is 0 Å². The predicted molar refractivity (Wildman–Crippen MR) is 307 cm³/mol. The number of hydrogen-bond acceptors (Lipinski definition) is 3. The smallest absolute Gasteiger partial charge is 0.297 e. The number of hydrogen-bond donors (Lipinski definition) is 0. The maximum absolute atomic E-state index is 7.48. The van der Waals surface area contributed by atoms with Crippen LogP contribution in [0.1, 0.15) is 188 Å². The normalized spacial score (nSPS) is 18.4. The molecule has 7 aromatic rings. The molecule has 4 aliphatic rings. The first-order chi connectivity index (χ1) is 33.0. The van der Waals surface area contributed by atoms with Crippen LogP contribution < -0.4 is 26.4 Å². The summed E-state index contributed by atoms with van der Waals surface area (Å²) in [7, 11) is 0. The summed E-state index contributed by atoms with van der Waals surface area (Å²) in [5.74, 6) is 0. The molecule has 3 nitrogen and oxygen atoms in total. The van der Waals surface area contributed by atoms with Crippen LogP contribution in [0.15, 0.2) is 108 Å². The monoisotopic (exact) mass is 939 g/mol. The lowest BCUT2D eigenvalue weighted by molar-refractivity contribution is 0.332. The highest BCUT2D eigenvalue weighted by Crippen LogP contribution is 2.56. The van der Waals surface area contributed by atoms with Gasteiger partial charge in [-0.1, -0.05) is 172 Å². The van der Waals surface area contributed by atoms with Crippen molar-refractivity contribution >= 4 is 68.4 Å². The molecule has 0 bridgehead atoms. The minimum atomic E-state index is -0.132. The Morgan fingerprint density at radius 1 is 0.479 bits per heavy atom. The molecule has 4 heteroatoms. The average Bonchev–Trinajstić information content (AvgIpc) is 3.66. The van der Waals surface area contributed by atoms with E-state index in [-0.39, 0.29) is 44.6 Å². The van der Waals surface area contributed by atoms with Crippen molar-refractivity contribution in [3.63, 3.8) is 0 Å². The van der Waals surface area contributed by atoms with Crippen LogP contribution in [0.25, 0.3) is 22.1 Å². The summed E-state index contributed by atoms with van der Waals surface area (Å²) in [5, 5.41) is 1.17. The summed E-state index contributed by atoms with van der Waals surface area (Å²) < 4.78 is 7.48. The molecule has 0 saturated heterocycles.